The topological polar surface area (TPSA) is 105 Å². The maximum atomic E-state index is 12.6. The predicted molar refractivity (Wildman–Crippen MR) is 159 cm³/mol. The number of carbonyl (C=O) groups excluding carboxylic acids is 4. The highest BCUT2D eigenvalue weighted by atomic mass is 16.5. The molecule has 3 aromatic rings. The molecule has 0 N–H and O–H groups in total. The van der Waals surface area contributed by atoms with Crippen molar-refractivity contribution in [2.75, 3.05) is 13.2 Å². The van der Waals surface area contributed by atoms with Gasteiger partial charge in [0.1, 0.15) is 11.5 Å². The van der Waals surface area contributed by atoms with Gasteiger partial charge in [0.15, 0.2) is 0 Å². The van der Waals surface area contributed by atoms with Gasteiger partial charge in [-0.25, -0.2) is 19.2 Å². The fraction of sp³-hybridized carbons (Fsp3) is 0.235. The van der Waals surface area contributed by atoms with Gasteiger partial charge in [-0.3, -0.25) is 0 Å². The van der Waals surface area contributed by atoms with Gasteiger partial charge < -0.3 is 18.9 Å². The molecule has 218 valence electrons. The lowest BCUT2D eigenvalue weighted by Gasteiger charge is -2.07. The van der Waals surface area contributed by atoms with Gasteiger partial charge in [-0.2, -0.15) is 0 Å². The number of unbranched alkanes of at least 4 members (excludes halogenated alkanes) is 2. The fourth-order valence-corrected chi connectivity index (χ4v) is 3.43. The van der Waals surface area contributed by atoms with Crippen molar-refractivity contribution in [1.82, 2.24) is 0 Å². The third-order valence-electron chi connectivity index (χ3n) is 5.85. The summed E-state index contributed by atoms with van der Waals surface area (Å²) in [7, 11) is 0. The number of carbonyl (C=O) groups is 4. The molecule has 0 heterocycles. The maximum Gasteiger partial charge on any atom is 0.343 e. The molecule has 0 amide bonds. The lowest BCUT2D eigenvalue weighted by Crippen LogP contribution is -2.11. The van der Waals surface area contributed by atoms with Crippen molar-refractivity contribution in [3.8, 4) is 11.5 Å². The van der Waals surface area contributed by atoms with Crippen LogP contribution in [0.3, 0.4) is 0 Å². The van der Waals surface area contributed by atoms with Crippen molar-refractivity contribution in [2.24, 2.45) is 0 Å². The normalized spacial score (nSPS) is 10.9. The lowest BCUT2D eigenvalue weighted by atomic mass is 10.1. The van der Waals surface area contributed by atoms with E-state index in [-0.39, 0.29) is 11.1 Å². The molecule has 3 rings (SSSR count). The van der Waals surface area contributed by atoms with Crippen molar-refractivity contribution in [1.29, 1.82) is 0 Å². The predicted octanol–water partition coefficient (Wildman–Crippen LogP) is 6.84. The Balaban J connectivity index is 1.48. The van der Waals surface area contributed by atoms with E-state index in [0.717, 1.165) is 36.8 Å². The van der Waals surface area contributed by atoms with Crippen LogP contribution < -0.4 is 9.47 Å². The minimum absolute atomic E-state index is 0.259. The van der Waals surface area contributed by atoms with Crippen molar-refractivity contribution in [3.63, 3.8) is 0 Å². The zero-order valence-electron chi connectivity index (χ0n) is 23.7. The first-order chi connectivity index (χ1) is 20.4. The van der Waals surface area contributed by atoms with Crippen LogP contribution in [0, 0.1) is 0 Å². The molecule has 42 heavy (non-hydrogen) atoms. The third-order valence-corrected chi connectivity index (χ3v) is 5.85. The molecule has 0 saturated heterocycles. The van der Waals surface area contributed by atoms with Gasteiger partial charge in [0.2, 0.25) is 0 Å². The van der Waals surface area contributed by atoms with Crippen LogP contribution in [0.25, 0.3) is 12.2 Å². The second-order valence-corrected chi connectivity index (χ2v) is 9.20. The molecule has 8 heteroatoms. The molecule has 0 radical (unpaired) electrons. The van der Waals surface area contributed by atoms with Gasteiger partial charge in [0, 0.05) is 12.2 Å². The highest BCUT2D eigenvalue weighted by molar-refractivity contribution is 5.95. The minimum Gasteiger partial charge on any atom is -0.463 e. The average molecular weight is 571 g/mol. The molecule has 0 spiro atoms. The van der Waals surface area contributed by atoms with E-state index >= 15 is 0 Å². The molecule has 0 aliphatic carbocycles. The van der Waals surface area contributed by atoms with Crippen molar-refractivity contribution in [2.45, 2.75) is 39.5 Å². The summed E-state index contributed by atoms with van der Waals surface area (Å²) in [6.07, 6.45) is 9.49. The molecule has 8 nitrogen and oxygen atoms in total. The van der Waals surface area contributed by atoms with Crippen molar-refractivity contribution >= 4 is 36.0 Å². The maximum absolute atomic E-state index is 12.6. The smallest absolute Gasteiger partial charge is 0.343 e. The standard InChI is InChI=1S/C34H34O8/c1-3-5-23-39-31(35)21-11-25-7-17-29(18-8-25)41-33(37)27-13-15-28(16-14-27)34(38)42-30-19-9-26(10-20-30)12-22-32(36)40-24-6-4-2/h7-22H,3-6,23-24H2,1-2H3/b21-11+,22-12+. The Labute approximate surface area is 245 Å². The lowest BCUT2D eigenvalue weighted by molar-refractivity contribution is -0.138. The number of benzene rings is 3. The van der Waals surface area contributed by atoms with Crippen molar-refractivity contribution < 1.29 is 38.1 Å². The van der Waals surface area contributed by atoms with Crippen LogP contribution >= 0.6 is 0 Å². The number of hydrogen-bond donors (Lipinski definition) is 0. The summed E-state index contributed by atoms with van der Waals surface area (Å²) >= 11 is 0. The molecule has 0 aliphatic rings. The number of esters is 4. The largest absolute Gasteiger partial charge is 0.463 e. The second kappa shape index (κ2) is 17.0. The molecular formula is C34H34O8. The van der Waals surface area contributed by atoms with Crippen LogP contribution in [-0.2, 0) is 19.1 Å². The molecule has 0 aromatic heterocycles. The van der Waals surface area contributed by atoms with E-state index in [1.165, 1.54) is 36.4 Å². The number of rotatable bonds is 14. The molecule has 0 bridgehead atoms. The van der Waals surface area contributed by atoms with Crippen LogP contribution in [0.5, 0.6) is 11.5 Å². The first kappa shape index (κ1) is 31.5. The van der Waals surface area contributed by atoms with E-state index in [1.54, 1.807) is 60.7 Å². The molecule has 0 fully saturated rings. The van der Waals surface area contributed by atoms with E-state index in [1.807, 2.05) is 13.8 Å². The molecule has 0 unspecified atom stereocenters. The van der Waals surface area contributed by atoms with Crippen LogP contribution in [0.1, 0.15) is 71.4 Å². The van der Waals surface area contributed by atoms with Crippen molar-refractivity contribution in [3.05, 3.63) is 107 Å². The SMILES string of the molecule is CCCCOC(=O)/C=C/c1ccc(OC(=O)c2ccc(C(=O)Oc3ccc(/C=C/C(=O)OCCCC)cc3)cc2)cc1. The van der Waals surface area contributed by atoms with E-state index in [9.17, 15) is 19.2 Å². The zero-order valence-corrected chi connectivity index (χ0v) is 23.7. The Morgan fingerprint density at radius 3 is 1.24 bits per heavy atom. The Morgan fingerprint density at radius 1 is 0.548 bits per heavy atom. The molecule has 0 aliphatic heterocycles. The first-order valence-electron chi connectivity index (χ1n) is 13.8. The van der Waals surface area contributed by atoms with Gasteiger partial charge >= 0.3 is 23.9 Å². The Kier molecular flexibility index (Phi) is 12.7. The second-order valence-electron chi connectivity index (χ2n) is 9.20. The van der Waals surface area contributed by atoms with Crippen LogP contribution in [0.15, 0.2) is 84.9 Å². The monoisotopic (exact) mass is 570 g/mol. The van der Waals surface area contributed by atoms with E-state index in [4.69, 9.17) is 18.9 Å². The summed E-state index contributed by atoms with van der Waals surface area (Å²) in [5, 5.41) is 0. The Morgan fingerprint density at radius 2 is 0.905 bits per heavy atom. The summed E-state index contributed by atoms with van der Waals surface area (Å²) < 4.78 is 21.0. The number of ether oxygens (including phenoxy) is 4. The van der Waals surface area contributed by atoms with Gasteiger partial charge in [-0.05, 0) is 84.7 Å². The fourth-order valence-electron chi connectivity index (χ4n) is 3.43. The van der Waals surface area contributed by atoms with Gasteiger partial charge in [0.25, 0.3) is 0 Å². The summed E-state index contributed by atoms with van der Waals surface area (Å²) in [6, 6.07) is 19.2. The highest BCUT2D eigenvalue weighted by Gasteiger charge is 2.13. The van der Waals surface area contributed by atoms with E-state index in [2.05, 4.69) is 0 Å². The average Bonchev–Trinajstić information content (AvgIpc) is 3.00. The highest BCUT2D eigenvalue weighted by Crippen LogP contribution is 2.18. The summed E-state index contributed by atoms with van der Waals surface area (Å²) in [5.41, 5.74) is 2.02. The first-order valence-corrected chi connectivity index (χ1v) is 13.8. The van der Waals surface area contributed by atoms with E-state index < -0.39 is 23.9 Å². The Hall–Kier alpha value is -4.98. The quantitative estimate of drug-likeness (QED) is 0.0898. The molecule has 3 aromatic carbocycles. The van der Waals surface area contributed by atoms with Crippen LogP contribution in [0.2, 0.25) is 0 Å². The van der Waals surface area contributed by atoms with Crippen LogP contribution in [0.4, 0.5) is 0 Å². The molecular weight excluding hydrogens is 536 g/mol. The van der Waals surface area contributed by atoms with Gasteiger partial charge in [0.05, 0.1) is 24.3 Å². The van der Waals surface area contributed by atoms with Gasteiger partial charge in [-0.1, -0.05) is 51.0 Å². The molecule has 0 atom stereocenters. The molecule has 0 saturated carbocycles. The van der Waals surface area contributed by atoms with Crippen LogP contribution in [-0.4, -0.2) is 37.1 Å². The minimum atomic E-state index is -0.587. The van der Waals surface area contributed by atoms with E-state index in [0.29, 0.717) is 24.7 Å². The third kappa shape index (κ3) is 10.9. The number of hydrogen-bond acceptors (Lipinski definition) is 8. The Bertz CT molecular complexity index is 1280. The summed E-state index contributed by atoms with van der Waals surface area (Å²) in [5.74, 6) is -1.33. The van der Waals surface area contributed by atoms with Gasteiger partial charge in [-0.15, -0.1) is 0 Å². The zero-order chi connectivity index (χ0) is 30.2. The summed E-state index contributed by atoms with van der Waals surface area (Å²) in [4.78, 5) is 48.5. The summed E-state index contributed by atoms with van der Waals surface area (Å²) in [6.45, 7) is 4.82.